The third-order valence-electron chi connectivity index (χ3n) is 3.45. The van der Waals surface area contributed by atoms with Gasteiger partial charge in [-0.1, -0.05) is 36.4 Å². The van der Waals surface area contributed by atoms with E-state index in [0.717, 1.165) is 0 Å². The fourth-order valence-corrected chi connectivity index (χ4v) is 2.30. The summed E-state index contributed by atoms with van der Waals surface area (Å²) in [4.78, 5) is 24.0. The van der Waals surface area contributed by atoms with E-state index in [1.807, 2.05) is 6.07 Å². The van der Waals surface area contributed by atoms with Crippen molar-refractivity contribution in [3.8, 4) is 5.75 Å². The van der Waals surface area contributed by atoms with Crippen molar-refractivity contribution in [3.63, 3.8) is 0 Å². The molecule has 120 valence electrons. The van der Waals surface area contributed by atoms with Crippen molar-refractivity contribution in [1.82, 2.24) is 5.32 Å². The van der Waals surface area contributed by atoms with Crippen molar-refractivity contribution < 1.29 is 18.7 Å². The van der Waals surface area contributed by atoms with Crippen molar-refractivity contribution in [2.45, 2.75) is 6.42 Å². The van der Waals surface area contributed by atoms with E-state index < -0.39 is 6.09 Å². The predicted molar refractivity (Wildman–Crippen MR) is 87.7 cm³/mol. The predicted octanol–water partition coefficient (Wildman–Crippen LogP) is 3.85. The molecule has 2 aromatic rings. The summed E-state index contributed by atoms with van der Waals surface area (Å²) < 4.78 is 18.1. The SMILES string of the molecule is O=C(NC1=CCC(=O)C1=Cc1ccc(F)cc1)Oc1ccccc1. The van der Waals surface area contributed by atoms with E-state index in [4.69, 9.17) is 4.74 Å². The van der Waals surface area contributed by atoms with E-state index in [-0.39, 0.29) is 18.0 Å². The van der Waals surface area contributed by atoms with Crippen molar-refractivity contribution in [2.75, 3.05) is 0 Å². The lowest BCUT2D eigenvalue weighted by Gasteiger charge is -2.08. The summed E-state index contributed by atoms with van der Waals surface area (Å²) in [6, 6.07) is 14.4. The minimum Gasteiger partial charge on any atom is -0.410 e. The molecule has 0 atom stereocenters. The monoisotopic (exact) mass is 323 g/mol. The van der Waals surface area contributed by atoms with Gasteiger partial charge in [-0.2, -0.15) is 0 Å². The summed E-state index contributed by atoms with van der Waals surface area (Å²) in [6.45, 7) is 0. The molecule has 0 fully saturated rings. The highest BCUT2D eigenvalue weighted by atomic mass is 19.1. The molecule has 0 saturated carbocycles. The highest BCUT2D eigenvalue weighted by Gasteiger charge is 2.22. The third-order valence-corrected chi connectivity index (χ3v) is 3.45. The molecule has 0 radical (unpaired) electrons. The second-order valence-corrected chi connectivity index (χ2v) is 5.18. The Kier molecular flexibility index (Phi) is 4.52. The number of amides is 1. The molecule has 1 amide bonds. The molecule has 0 spiro atoms. The number of carbonyl (C=O) groups excluding carboxylic acids is 2. The van der Waals surface area contributed by atoms with Crippen LogP contribution < -0.4 is 10.1 Å². The van der Waals surface area contributed by atoms with Crippen LogP contribution in [-0.4, -0.2) is 11.9 Å². The number of hydrogen-bond acceptors (Lipinski definition) is 3. The number of benzene rings is 2. The summed E-state index contributed by atoms with van der Waals surface area (Å²) in [6.07, 6.45) is 2.77. The smallest absolute Gasteiger partial charge is 0.410 e. The Balaban J connectivity index is 1.73. The van der Waals surface area contributed by atoms with Crippen molar-refractivity contribution in [2.24, 2.45) is 0 Å². The third kappa shape index (κ3) is 3.76. The van der Waals surface area contributed by atoms with Crippen LogP contribution in [0.1, 0.15) is 12.0 Å². The number of carbonyl (C=O) groups is 2. The van der Waals surface area contributed by atoms with Gasteiger partial charge in [0.2, 0.25) is 0 Å². The lowest BCUT2D eigenvalue weighted by atomic mass is 10.1. The van der Waals surface area contributed by atoms with Gasteiger partial charge < -0.3 is 4.74 Å². The normalized spacial score (nSPS) is 15.3. The minimum absolute atomic E-state index is 0.116. The molecular weight excluding hydrogens is 309 g/mol. The lowest BCUT2D eigenvalue weighted by molar-refractivity contribution is -0.114. The maximum Gasteiger partial charge on any atom is 0.417 e. The van der Waals surface area contributed by atoms with Gasteiger partial charge in [-0.15, -0.1) is 0 Å². The van der Waals surface area contributed by atoms with Gasteiger partial charge in [-0.05, 0) is 35.9 Å². The van der Waals surface area contributed by atoms with Crippen LogP contribution in [0.4, 0.5) is 9.18 Å². The summed E-state index contributed by atoms with van der Waals surface area (Å²) >= 11 is 0. The van der Waals surface area contributed by atoms with E-state index in [1.165, 1.54) is 12.1 Å². The Morgan fingerprint density at radius 1 is 1.08 bits per heavy atom. The standard InChI is InChI=1S/C19H14FNO3/c20-14-8-6-13(7-9-14)12-16-17(10-11-18(16)22)21-19(23)24-15-4-2-1-3-5-15/h1-10,12H,11H2,(H,21,23). The molecule has 2 aromatic carbocycles. The van der Waals surface area contributed by atoms with Crippen molar-refractivity contribution in [3.05, 3.63) is 83.3 Å². The zero-order valence-electron chi connectivity index (χ0n) is 12.7. The van der Waals surface area contributed by atoms with Crippen molar-refractivity contribution in [1.29, 1.82) is 0 Å². The average molecular weight is 323 g/mol. The molecule has 5 heteroatoms. The zero-order valence-corrected chi connectivity index (χ0v) is 12.7. The second-order valence-electron chi connectivity index (χ2n) is 5.18. The van der Waals surface area contributed by atoms with Crippen LogP contribution in [0.3, 0.4) is 0 Å². The molecule has 1 N–H and O–H groups in total. The molecule has 0 saturated heterocycles. The number of nitrogens with one attached hydrogen (secondary N) is 1. The molecule has 3 rings (SSSR count). The van der Waals surface area contributed by atoms with E-state index in [9.17, 15) is 14.0 Å². The van der Waals surface area contributed by atoms with E-state index in [0.29, 0.717) is 22.6 Å². The maximum absolute atomic E-state index is 13.0. The first kappa shape index (κ1) is 15.7. The molecule has 0 aliphatic heterocycles. The van der Waals surface area contributed by atoms with Gasteiger partial charge in [0.15, 0.2) is 5.78 Å². The van der Waals surface area contributed by atoms with Crippen LogP contribution in [0.2, 0.25) is 0 Å². The first-order chi connectivity index (χ1) is 11.6. The van der Waals surface area contributed by atoms with Gasteiger partial charge in [-0.25, -0.2) is 9.18 Å². The topological polar surface area (TPSA) is 55.4 Å². The van der Waals surface area contributed by atoms with E-state index in [2.05, 4.69) is 5.32 Å². The first-order valence-corrected chi connectivity index (χ1v) is 7.37. The van der Waals surface area contributed by atoms with Gasteiger partial charge in [0.25, 0.3) is 0 Å². The molecule has 0 bridgehead atoms. The highest BCUT2D eigenvalue weighted by molar-refractivity contribution is 6.08. The molecule has 1 aliphatic rings. The maximum atomic E-state index is 13.0. The minimum atomic E-state index is -0.674. The lowest BCUT2D eigenvalue weighted by Crippen LogP contribution is -2.26. The Hall–Kier alpha value is -3.21. The Morgan fingerprint density at radius 2 is 1.79 bits per heavy atom. The summed E-state index contributed by atoms with van der Waals surface area (Å²) in [5, 5.41) is 2.58. The second kappa shape index (κ2) is 6.91. The van der Waals surface area contributed by atoms with Gasteiger partial charge in [-0.3, -0.25) is 10.1 Å². The molecule has 0 unspecified atom stereocenters. The quantitative estimate of drug-likeness (QED) is 0.873. The molecule has 1 aliphatic carbocycles. The number of rotatable bonds is 3. The van der Waals surface area contributed by atoms with Crippen LogP contribution >= 0.6 is 0 Å². The van der Waals surface area contributed by atoms with Crippen LogP contribution in [0, 0.1) is 5.82 Å². The molecule has 0 aromatic heterocycles. The summed E-state index contributed by atoms with van der Waals surface area (Å²) in [5.74, 6) is -0.0615. The van der Waals surface area contributed by atoms with E-state index >= 15 is 0 Å². The molecular formula is C19H14FNO3. The summed E-state index contributed by atoms with van der Waals surface area (Å²) in [7, 11) is 0. The number of ether oxygens (including phenoxy) is 1. The molecule has 24 heavy (non-hydrogen) atoms. The fraction of sp³-hybridized carbons (Fsp3) is 0.0526. The number of Topliss-reactive ketones (excluding diaryl/α,β-unsaturated/α-hetero) is 1. The number of halogens is 1. The van der Waals surface area contributed by atoms with Crippen LogP contribution in [0.25, 0.3) is 6.08 Å². The number of para-hydroxylation sites is 1. The Labute approximate surface area is 138 Å². The number of ketones is 1. The zero-order chi connectivity index (χ0) is 16.9. The van der Waals surface area contributed by atoms with Gasteiger partial charge in [0, 0.05) is 12.0 Å². The summed E-state index contributed by atoms with van der Waals surface area (Å²) in [5.41, 5.74) is 1.43. The van der Waals surface area contributed by atoms with Gasteiger partial charge >= 0.3 is 6.09 Å². The van der Waals surface area contributed by atoms with Crippen LogP contribution in [0.15, 0.2) is 71.9 Å². The Bertz CT molecular complexity index is 823. The van der Waals surface area contributed by atoms with Gasteiger partial charge in [0.05, 0.1) is 5.70 Å². The first-order valence-electron chi connectivity index (χ1n) is 7.37. The fourth-order valence-electron chi connectivity index (χ4n) is 2.30. The average Bonchev–Trinajstić information content (AvgIpc) is 2.91. The largest absolute Gasteiger partial charge is 0.417 e. The Morgan fingerprint density at radius 3 is 2.50 bits per heavy atom. The van der Waals surface area contributed by atoms with Crippen LogP contribution in [0.5, 0.6) is 5.75 Å². The van der Waals surface area contributed by atoms with Crippen molar-refractivity contribution >= 4 is 18.0 Å². The number of hydrogen-bond donors (Lipinski definition) is 1. The highest BCUT2D eigenvalue weighted by Crippen LogP contribution is 2.23. The molecule has 0 heterocycles. The van der Waals surface area contributed by atoms with Crippen LogP contribution in [-0.2, 0) is 4.79 Å². The van der Waals surface area contributed by atoms with E-state index in [1.54, 1.807) is 48.6 Å². The number of allylic oxidation sites excluding steroid dienone is 2. The van der Waals surface area contributed by atoms with Gasteiger partial charge in [0.1, 0.15) is 11.6 Å². The molecule has 4 nitrogen and oxygen atoms in total.